The zero-order valence-electron chi connectivity index (χ0n) is 18.0. The molecule has 3 aromatic carbocycles. The molecule has 0 saturated carbocycles. The van der Waals surface area contributed by atoms with Gasteiger partial charge in [0, 0.05) is 11.3 Å². The third-order valence-electron chi connectivity index (χ3n) is 4.54. The zero-order valence-corrected chi connectivity index (χ0v) is 18.0. The molecule has 0 heterocycles. The van der Waals surface area contributed by atoms with Crippen molar-refractivity contribution in [2.24, 2.45) is 0 Å². The molecule has 1 amide bonds. The number of amides is 1. The van der Waals surface area contributed by atoms with Crippen molar-refractivity contribution >= 4 is 23.6 Å². The number of esters is 1. The van der Waals surface area contributed by atoms with E-state index in [0.29, 0.717) is 17.1 Å². The number of methoxy groups -OCH3 is 1. The van der Waals surface area contributed by atoms with E-state index in [1.54, 1.807) is 37.4 Å². The maximum Gasteiger partial charge on any atom is 0.344 e. The molecule has 0 unspecified atom stereocenters. The van der Waals surface area contributed by atoms with Crippen LogP contribution in [0.4, 0.5) is 5.69 Å². The van der Waals surface area contributed by atoms with Gasteiger partial charge in [-0.2, -0.15) is 0 Å². The van der Waals surface area contributed by atoms with Crippen molar-refractivity contribution in [3.63, 3.8) is 0 Å². The number of para-hydroxylation sites is 1. The van der Waals surface area contributed by atoms with Crippen LogP contribution in [0, 0.1) is 0 Å². The van der Waals surface area contributed by atoms with E-state index in [1.165, 1.54) is 0 Å². The summed E-state index contributed by atoms with van der Waals surface area (Å²) in [6.07, 6.45) is 3.87. The first-order valence-electron chi connectivity index (χ1n) is 10.1. The van der Waals surface area contributed by atoms with Gasteiger partial charge in [-0.25, -0.2) is 4.79 Å². The first kappa shape index (κ1) is 22.6. The molecule has 0 aliphatic heterocycles. The highest BCUT2D eigenvalue weighted by molar-refractivity contribution is 6.04. The lowest BCUT2D eigenvalue weighted by Crippen LogP contribution is -2.15. The molecule has 0 saturated heterocycles. The monoisotopic (exact) mass is 431 g/mol. The smallest absolute Gasteiger partial charge is 0.344 e. The van der Waals surface area contributed by atoms with Crippen molar-refractivity contribution in [1.82, 2.24) is 0 Å². The molecule has 0 spiro atoms. The molecule has 3 aromatic rings. The van der Waals surface area contributed by atoms with Crippen LogP contribution in [-0.4, -0.2) is 25.6 Å². The van der Waals surface area contributed by atoms with Crippen LogP contribution in [0.2, 0.25) is 0 Å². The van der Waals surface area contributed by atoms with Crippen LogP contribution in [0.1, 0.15) is 28.4 Å². The van der Waals surface area contributed by atoms with E-state index < -0.39 is 5.97 Å². The molecule has 164 valence electrons. The van der Waals surface area contributed by atoms with Crippen molar-refractivity contribution < 1.29 is 23.8 Å². The Labute approximate surface area is 187 Å². The van der Waals surface area contributed by atoms with Crippen LogP contribution in [0.25, 0.3) is 6.08 Å². The molecular formula is C26H25NO5. The van der Waals surface area contributed by atoms with E-state index in [4.69, 9.17) is 14.2 Å². The molecular weight excluding hydrogens is 406 g/mol. The molecule has 0 aliphatic carbocycles. The normalized spacial score (nSPS) is 10.6. The Bertz CT molecular complexity index is 1080. The van der Waals surface area contributed by atoms with Crippen molar-refractivity contribution in [1.29, 1.82) is 0 Å². The molecule has 6 heteroatoms. The minimum absolute atomic E-state index is 0.0835. The number of ether oxygens (including phenoxy) is 3. The molecule has 3 rings (SSSR count). The summed E-state index contributed by atoms with van der Waals surface area (Å²) in [6.45, 7) is 1.77. The highest BCUT2D eigenvalue weighted by atomic mass is 16.6. The Kier molecular flexibility index (Phi) is 8.03. The molecule has 0 atom stereocenters. The Morgan fingerprint density at radius 2 is 1.69 bits per heavy atom. The van der Waals surface area contributed by atoms with Gasteiger partial charge in [-0.05, 0) is 54.4 Å². The summed E-state index contributed by atoms with van der Waals surface area (Å²) in [5.41, 5.74) is 2.98. The minimum atomic E-state index is -0.504. The second-order valence-electron chi connectivity index (χ2n) is 6.88. The zero-order chi connectivity index (χ0) is 22.8. The van der Waals surface area contributed by atoms with Gasteiger partial charge in [0.1, 0.15) is 6.61 Å². The lowest BCUT2D eigenvalue weighted by molar-refractivity contribution is -0.147. The van der Waals surface area contributed by atoms with E-state index in [9.17, 15) is 9.59 Å². The standard InChI is InChI=1S/C26H25NO5/c1-3-7-19-12-15-23(24(16-19)30-2)31-18-25(28)32-17-20-10-13-21(14-11-20)26(29)27-22-8-5-4-6-9-22/h3-16H,17-18H2,1-2H3,(H,27,29)/b7-3+. The quantitative estimate of drug-likeness (QED) is 0.477. The van der Waals surface area contributed by atoms with E-state index in [1.807, 2.05) is 61.5 Å². The highest BCUT2D eigenvalue weighted by Gasteiger charge is 2.10. The van der Waals surface area contributed by atoms with Gasteiger partial charge in [0.25, 0.3) is 5.91 Å². The Morgan fingerprint density at radius 1 is 0.938 bits per heavy atom. The molecule has 0 aromatic heterocycles. The van der Waals surface area contributed by atoms with E-state index >= 15 is 0 Å². The fourth-order valence-corrected chi connectivity index (χ4v) is 2.92. The second-order valence-corrected chi connectivity index (χ2v) is 6.88. The summed E-state index contributed by atoms with van der Waals surface area (Å²) in [4.78, 5) is 24.4. The molecule has 0 radical (unpaired) electrons. The van der Waals surface area contributed by atoms with Gasteiger partial charge in [0.05, 0.1) is 7.11 Å². The Hall–Kier alpha value is -4.06. The van der Waals surface area contributed by atoms with E-state index in [2.05, 4.69) is 5.32 Å². The van der Waals surface area contributed by atoms with Gasteiger partial charge < -0.3 is 19.5 Å². The van der Waals surface area contributed by atoms with Crippen LogP contribution in [-0.2, 0) is 16.1 Å². The molecule has 0 aliphatic rings. The number of hydrogen-bond donors (Lipinski definition) is 1. The van der Waals surface area contributed by atoms with Gasteiger partial charge >= 0.3 is 5.97 Å². The molecule has 0 bridgehead atoms. The number of carbonyl (C=O) groups is 2. The van der Waals surface area contributed by atoms with Gasteiger partial charge in [0.15, 0.2) is 18.1 Å². The Balaban J connectivity index is 1.48. The summed E-state index contributed by atoms with van der Waals surface area (Å²) in [6, 6.07) is 21.6. The number of nitrogens with one attached hydrogen (secondary N) is 1. The van der Waals surface area contributed by atoms with Crippen LogP contribution in [0.3, 0.4) is 0 Å². The molecule has 6 nitrogen and oxygen atoms in total. The number of rotatable bonds is 9. The predicted molar refractivity (Wildman–Crippen MR) is 124 cm³/mol. The van der Waals surface area contributed by atoms with Crippen LogP contribution in [0.5, 0.6) is 11.5 Å². The van der Waals surface area contributed by atoms with Gasteiger partial charge in [-0.1, -0.05) is 48.6 Å². The first-order chi connectivity index (χ1) is 15.6. The molecule has 1 N–H and O–H groups in total. The largest absolute Gasteiger partial charge is 0.493 e. The number of anilines is 1. The van der Waals surface area contributed by atoms with Gasteiger partial charge in [-0.15, -0.1) is 0 Å². The number of hydrogen-bond acceptors (Lipinski definition) is 5. The second kappa shape index (κ2) is 11.4. The average molecular weight is 431 g/mol. The summed E-state index contributed by atoms with van der Waals surface area (Å²) in [5, 5.41) is 2.83. The lowest BCUT2D eigenvalue weighted by Gasteiger charge is -2.11. The summed E-state index contributed by atoms with van der Waals surface area (Å²) < 4.78 is 16.1. The van der Waals surface area contributed by atoms with Gasteiger partial charge in [0.2, 0.25) is 0 Å². The topological polar surface area (TPSA) is 73.9 Å². The fraction of sp³-hybridized carbons (Fsp3) is 0.154. The fourth-order valence-electron chi connectivity index (χ4n) is 2.92. The van der Waals surface area contributed by atoms with Crippen LogP contribution < -0.4 is 14.8 Å². The average Bonchev–Trinajstić information content (AvgIpc) is 2.83. The highest BCUT2D eigenvalue weighted by Crippen LogP contribution is 2.28. The number of carbonyl (C=O) groups excluding carboxylic acids is 2. The van der Waals surface area contributed by atoms with Crippen molar-refractivity contribution in [2.75, 3.05) is 19.0 Å². The maximum absolute atomic E-state index is 12.3. The lowest BCUT2D eigenvalue weighted by atomic mass is 10.1. The SMILES string of the molecule is C/C=C/c1ccc(OCC(=O)OCc2ccc(C(=O)Nc3ccccc3)cc2)c(OC)c1. The van der Waals surface area contributed by atoms with E-state index in [0.717, 1.165) is 16.8 Å². The summed E-state index contributed by atoms with van der Waals surface area (Å²) >= 11 is 0. The molecule has 0 fully saturated rings. The van der Waals surface area contributed by atoms with Crippen molar-refractivity contribution in [2.45, 2.75) is 13.5 Å². The Morgan fingerprint density at radius 3 is 2.38 bits per heavy atom. The van der Waals surface area contributed by atoms with Crippen molar-refractivity contribution in [3.8, 4) is 11.5 Å². The maximum atomic E-state index is 12.3. The third-order valence-corrected chi connectivity index (χ3v) is 4.54. The minimum Gasteiger partial charge on any atom is -0.493 e. The van der Waals surface area contributed by atoms with Crippen LogP contribution >= 0.6 is 0 Å². The van der Waals surface area contributed by atoms with E-state index in [-0.39, 0.29) is 19.1 Å². The first-order valence-corrected chi connectivity index (χ1v) is 10.1. The number of allylic oxidation sites excluding steroid dienone is 1. The molecule has 32 heavy (non-hydrogen) atoms. The predicted octanol–water partition coefficient (Wildman–Crippen LogP) is 5.10. The third kappa shape index (κ3) is 6.47. The van der Waals surface area contributed by atoms with Crippen LogP contribution in [0.15, 0.2) is 78.9 Å². The summed E-state index contributed by atoms with van der Waals surface area (Å²) in [5.74, 6) is 0.294. The van der Waals surface area contributed by atoms with Gasteiger partial charge in [-0.3, -0.25) is 4.79 Å². The number of benzene rings is 3. The summed E-state index contributed by atoms with van der Waals surface area (Å²) in [7, 11) is 1.55. The van der Waals surface area contributed by atoms with Crippen molar-refractivity contribution in [3.05, 3.63) is 95.6 Å².